The first-order chi connectivity index (χ1) is 16.2. The van der Waals surface area contributed by atoms with Crippen LogP contribution in [-0.2, 0) is 21.4 Å². The smallest absolute Gasteiger partial charge is 0.322 e. The standard InChI is InChI=1S/C25H24N2O5S2/c1-16(2)24(25(28)29)27-34(30,31)20-13-9-18(10-14-20)17-7-11-19(12-8-17)32-15-23-26-21-5-3-4-6-22(21)33-23/h3-14,16,24,27H,15H2,1-2H3,(H,28,29). The van der Waals surface area contributed by atoms with Gasteiger partial charge in [0.2, 0.25) is 10.0 Å². The summed E-state index contributed by atoms with van der Waals surface area (Å²) in [6, 6.07) is 20.6. The third kappa shape index (κ3) is 5.44. The molecule has 34 heavy (non-hydrogen) atoms. The average Bonchev–Trinajstić information content (AvgIpc) is 3.24. The molecule has 1 unspecified atom stereocenters. The number of para-hydroxylation sites is 1. The molecular weight excluding hydrogens is 472 g/mol. The van der Waals surface area contributed by atoms with Gasteiger partial charge in [0, 0.05) is 0 Å². The minimum absolute atomic E-state index is 0.0129. The van der Waals surface area contributed by atoms with E-state index >= 15 is 0 Å². The van der Waals surface area contributed by atoms with Crippen LogP contribution in [0.15, 0.2) is 77.7 Å². The summed E-state index contributed by atoms with van der Waals surface area (Å²) < 4.78 is 34.4. The van der Waals surface area contributed by atoms with E-state index in [0.717, 1.165) is 26.4 Å². The highest BCUT2D eigenvalue weighted by molar-refractivity contribution is 7.89. The van der Waals surface area contributed by atoms with Crippen LogP contribution in [0.3, 0.4) is 0 Å². The third-order valence-corrected chi connectivity index (χ3v) is 7.73. The molecule has 9 heteroatoms. The Morgan fingerprint density at radius 1 is 1.00 bits per heavy atom. The van der Waals surface area contributed by atoms with Gasteiger partial charge >= 0.3 is 5.97 Å². The zero-order valence-electron chi connectivity index (χ0n) is 18.6. The van der Waals surface area contributed by atoms with Crippen LogP contribution in [-0.4, -0.2) is 30.5 Å². The Bertz CT molecular complexity index is 1360. The first kappa shape index (κ1) is 23.9. The second-order valence-corrected chi connectivity index (χ2v) is 10.9. The number of carboxylic acid groups (broad SMARTS) is 1. The zero-order valence-corrected chi connectivity index (χ0v) is 20.3. The number of nitrogens with one attached hydrogen (secondary N) is 1. The maximum absolute atomic E-state index is 12.6. The summed E-state index contributed by atoms with van der Waals surface area (Å²) >= 11 is 1.60. The molecule has 3 aromatic carbocycles. The van der Waals surface area contributed by atoms with Crippen molar-refractivity contribution in [3.8, 4) is 16.9 Å². The Hall–Kier alpha value is -3.27. The van der Waals surface area contributed by atoms with Crippen molar-refractivity contribution in [2.24, 2.45) is 5.92 Å². The molecule has 0 radical (unpaired) electrons. The van der Waals surface area contributed by atoms with E-state index in [9.17, 15) is 18.3 Å². The van der Waals surface area contributed by atoms with Crippen LogP contribution in [0.25, 0.3) is 21.3 Å². The second kappa shape index (κ2) is 9.92. The zero-order chi connectivity index (χ0) is 24.3. The number of aromatic nitrogens is 1. The highest BCUT2D eigenvalue weighted by atomic mass is 32.2. The van der Waals surface area contributed by atoms with Gasteiger partial charge in [-0.3, -0.25) is 4.79 Å². The average molecular weight is 497 g/mol. The van der Waals surface area contributed by atoms with Gasteiger partial charge in [-0.2, -0.15) is 4.72 Å². The van der Waals surface area contributed by atoms with E-state index in [1.54, 1.807) is 37.3 Å². The number of nitrogens with zero attached hydrogens (tertiary/aromatic N) is 1. The quantitative estimate of drug-likeness (QED) is 0.340. The predicted octanol–water partition coefficient (Wildman–Crippen LogP) is 4.93. The summed E-state index contributed by atoms with van der Waals surface area (Å²) in [5.41, 5.74) is 2.69. The van der Waals surface area contributed by atoms with Crippen molar-refractivity contribution in [1.29, 1.82) is 0 Å². The second-order valence-electron chi connectivity index (χ2n) is 8.09. The Balaban J connectivity index is 1.42. The number of ether oxygens (including phenoxy) is 1. The first-order valence-electron chi connectivity index (χ1n) is 10.7. The van der Waals surface area contributed by atoms with Crippen molar-refractivity contribution in [1.82, 2.24) is 9.71 Å². The van der Waals surface area contributed by atoms with Crippen LogP contribution in [0.4, 0.5) is 0 Å². The van der Waals surface area contributed by atoms with Crippen molar-refractivity contribution < 1.29 is 23.1 Å². The van der Waals surface area contributed by atoms with Gasteiger partial charge in [0.15, 0.2) is 0 Å². The van der Waals surface area contributed by atoms with Gasteiger partial charge in [0.1, 0.15) is 23.4 Å². The molecule has 0 fully saturated rings. The first-order valence-corrected chi connectivity index (χ1v) is 13.0. The fraction of sp³-hybridized carbons (Fsp3) is 0.200. The number of thiazole rings is 1. The molecule has 2 N–H and O–H groups in total. The minimum atomic E-state index is -3.95. The molecule has 0 bridgehead atoms. The van der Waals surface area contributed by atoms with E-state index in [1.165, 1.54) is 12.1 Å². The van der Waals surface area contributed by atoms with E-state index in [2.05, 4.69) is 9.71 Å². The van der Waals surface area contributed by atoms with Gasteiger partial charge in [-0.05, 0) is 53.4 Å². The van der Waals surface area contributed by atoms with Gasteiger partial charge in [-0.25, -0.2) is 13.4 Å². The lowest BCUT2D eigenvalue weighted by Crippen LogP contribution is -2.44. The maximum Gasteiger partial charge on any atom is 0.322 e. The normalized spacial score (nSPS) is 12.7. The molecule has 7 nitrogen and oxygen atoms in total. The van der Waals surface area contributed by atoms with Crippen LogP contribution in [0.1, 0.15) is 18.9 Å². The fourth-order valence-corrected chi connectivity index (χ4v) is 5.62. The maximum atomic E-state index is 12.6. The van der Waals surface area contributed by atoms with E-state index in [0.29, 0.717) is 12.4 Å². The molecule has 0 amide bonds. The lowest BCUT2D eigenvalue weighted by molar-refractivity contribution is -0.140. The molecule has 176 valence electrons. The van der Waals surface area contributed by atoms with E-state index in [4.69, 9.17) is 4.74 Å². The number of fused-ring (bicyclic) bond motifs is 1. The molecule has 1 atom stereocenters. The van der Waals surface area contributed by atoms with Gasteiger partial charge in [0.25, 0.3) is 0 Å². The summed E-state index contributed by atoms with van der Waals surface area (Å²) in [6.45, 7) is 3.68. The van der Waals surface area contributed by atoms with Crippen molar-refractivity contribution in [2.75, 3.05) is 0 Å². The van der Waals surface area contributed by atoms with E-state index < -0.39 is 22.0 Å². The third-order valence-electron chi connectivity index (χ3n) is 5.27. The van der Waals surface area contributed by atoms with Crippen molar-refractivity contribution in [3.05, 3.63) is 77.8 Å². The number of benzene rings is 3. The summed E-state index contributed by atoms with van der Waals surface area (Å²) in [4.78, 5) is 15.9. The van der Waals surface area contributed by atoms with Crippen LogP contribution < -0.4 is 9.46 Å². The number of sulfonamides is 1. The van der Waals surface area contributed by atoms with Crippen molar-refractivity contribution >= 4 is 37.5 Å². The number of hydrogen-bond acceptors (Lipinski definition) is 6. The molecule has 0 aliphatic carbocycles. The Morgan fingerprint density at radius 3 is 2.21 bits per heavy atom. The van der Waals surface area contributed by atoms with E-state index in [1.807, 2.05) is 48.5 Å². The molecule has 0 saturated carbocycles. The molecule has 4 aromatic rings. The topological polar surface area (TPSA) is 106 Å². The van der Waals surface area contributed by atoms with Crippen molar-refractivity contribution in [3.63, 3.8) is 0 Å². The number of rotatable bonds is 9. The molecule has 0 aliphatic rings. The summed E-state index contributed by atoms with van der Waals surface area (Å²) in [5, 5.41) is 10.2. The van der Waals surface area contributed by atoms with Gasteiger partial charge in [-0.1, -0.05) is 50.2 Å². The minimum Gasteiger partial charge on any atom is -0.486 e. The number of aliphatic carboxylic acids is 1. The molecule has 1 aromatic heterocycles. The van der Waals surface area contributed by atoms with Gasteiger partial charge in [-0.15, -0.1) is 11.3 Å². The van der Waals surface area contributed by atoms with Crippen LogP contribution in [0.2, 0.25) is 0 Å². The summed E-state index contributed by atoms with van der Waals surface area (Å²) in [5.74, 6) is -0.887. The van der Waals surface area contributed by atoms with Gasteiger partial charge in [0.05, 0.1) is 15.1 Å². The van der Waals surface area contributed by atoms with Crippen LogP contribution >= 0.6 is 11.3 Å². The summed E-state index contributed by atoms with van der Waals surface area (Å²) in [7, 11) is -3.95. The fourth-order valence-electron chi connectivity index (χ4n) is 3.40. The summed E-state index contributed by atoms with van der Waals surface area (Å²) in [6.07, 6.45) is 0. The highest BCUT2D eigenvalue weighted by Crippen LogP contribution is 2.26. The highest BCUT2D eigenvalue weighted by Gasteiger charge is 2.27. The number of carbonyl (C=O) groups is 1. The lowest BCUT2D eigenvalue weighted by atomic mass is 10.1. The monoisotopic (exact) mass is 496 g/mol. The Kier molecular flexibility index (Phi) is 6.97. The van der Waals surface area contributed by atoms with Crippen LogP contribution in [0.5, 0.6) is 5.75 Å². The molecule has 1 heterocycles. The molecule has 0 saturated heterocycles. The molecule has 0 spiro atoms. The molecule has 4 rings (SSSR count). The number of carboxylic acids is 1. The largest absolute Gasteiger partial charge is 0.486 e. The van der Waals surface area contributed by atoms with Crippen molar-refractivity contribution in [2.45, 2.75) is 31.4 Å². The SMILES string of the molecule is CC(C)C(NS(=O)(=O)c1ccc(-c2ccc(OCc3nc4ccccc4s3)cc2)cc1)C(=O)O. The predicted molar refractivity (Wildman–Crippen MR) is 132 cm³/mol. The molecule has 0 aliphatic heterocycles. The lowest BCUT2D eigenvalue weighted by Gasteiger charge is -2.18. The Labute approximate surface area is 202 Å². The molecular formula is C25H24N2O5S2. The Morgan fingerprint density at radius 2 is 1.62 bits per heavy atom. The van der Waals surface area contributed by atoms with Gasteiger partial charge < -0.3 is 9.84 Å². The van der Waals surface area contributed by atoms with E-state index in [-0.39, 0.29) is 10.8 Å². The number of hydrogen-bond donors (Lipinski definition) is 2. The van der Waals surface area contributed by atoms with Crippen LogP contribution in [0, 0.1) is 5.92 Å².